The number of ether oxygens (including phenoxy) is 5. The molecule has 0 N–H and O–H groups in total. The molecule has 2 rings (SSSR count). The summed E-state index contributed by atoms with van der Waals surface area (Å²) in [4.78, 5) is 11.8. The molecule has 0 spiro atoms. The van der Waals surface area contributed by atoms with Crippen LogP contribution in [0.1, 0.15) is 10.4 Å². The van der Waals surface area contributed by atoms with Gasteiger partial charge in [0.15, 0.2) is 18.1 Å². The van der Waals surface area contributed by atoms with E-state index in [1.54, 1.807) is 0 Å². The third-order valence-electron chi connectivity index (χ3n) is 2.72. The highest BCUT2D eigenvalue weighted by molar-refractivity contribution is 6.07. The van der Waals surface area contributed by atoms with Crippen LogP contribution in [0.15, 0.2) is 0 Å². The van der Waals surface area contributed by atoms with Crippen molar-refractivity contribution in [2.75, 3.05) is 35.0 Å². The number of hydrogen-bond donors (Lipinski definition) is 0. The Labute approximate surface area is 104 Å². The van der Waals surface area contributed by atoms with Crippen LogP contribution in [-0.2, 0) is 0 Å². The summed E-state index contributed by atoms with van der Waals surface area (Å²) in [6.45, 7) is -0.0433. The van der Waals surface area contributed by atoms with Gasteiger partial charge < -0.3 is 23.7 Å². The summed E-state index contributed by atoms with van der Waals surface area (Å²) in [5.41, 5.74) is 0.326. The Morgan fingerprint density at radius 2 is 1.33 bits per heavy atom. The molecule has 0 aliphatic carbocycles. The van der Waals surface area contributed by atoms with Gasteiger partial charge in [0.1, 0.15) is 5.56 Å². The van der Waals surface area contributed by atoms with Gasteiger partial charge in [-0.1, -0.05) is 0 Å². The Morgan fingerprint density at radius 1 is 0.833 bits per heavy atom. The van der Waals surface area contributed by atoms with E-state index >= 15 is 0 Å². The Hall–Kier alpha value is -2.11. The van der Waals surface area contributed by atoms with Crippen LogP contribution in [0.4, 0.5) is 0 Å². The maximum absolute atomic E-state index is 11.8. The van der Waals surface area contributed by atoms with Crippen LogP contribution < -0.4 is 23.7 Å². The molecule has 0 fully saturated rings. The summed E-state index contributed by atoms with van der Waals surface area (Å²) >= 11 is 0. The molecule has 0 radical (unpaired) electrons. The summed E-state index contributed by atoms with van der Waals surface area (Å²) < 4.78 is 26.3. The molecular formula is C12H14O6. The summed E-state index contributed by atoms with van der Waals surface area (Å²) in [5, 5.41) is 0. The van der Waals surface area contributed by atoms with Crippen LogP contribution in [0, 0.1) is 0 Å². The second kappa shape index (κ2) is 4.64. The maximum atomic E-state index is 11.8. The van der Waals surface area contributed by atoms with E-state index < -0.39 is 0 Å². The van der Waals surface area contributed by atoms with Gasteiger partial charge in [-0.2, -0.15) is 0 Å². The van der Waals surface area contributed by atoms with E-state index in [4.69, 9.17) is 23.7 Å². The second-order valence-corrected chi connectivity index (χ2v) is 3.55. The fourth-order valence-corrected chi connectivity index (χ4v) is 1.99. The van der Waals surface area contributed by atoms with Crippen molar-refractivity contribution in [2.45, 2.75) is 0 Å². The third kappa shape index (κ3) is 1.53. The average Bonchev–Trinajstić information content (AvgIpc) is 2.77. The van der Waals surface area contributed by atoms with Gasteiger partial charge in [0, 0.05) is 0 Å². The Morgan fingerprint density at radius 3 is 1.83 bits per heavy atom. The van der Waals surface area contributed by atoms with E-state index in [1.807, 2.05) is 0 Å². The zero-order valence-corrected chi connectivity index (χ0v) is 10.7. The molecule has 1 aromatic carbocycles. The molecule has 0 saturated carbocycles. The molecule has 6 heteroatoms. The van der Waals surface area contributed by atoms with Gasteiger partial charge in [0.05, 0.1) is 28.4 Å². The lowest BCUT2D eigenvalue weighted by atomic mass is 10.1. The van der Waals surface area contributed by atoms with E-state index in [-0.39, 0.29) is 12.4 Å². The van der Waals surface area contributed by atoms with Gasteiger partial charge in [0.25, 0.3) is 0 Å². The first kappa shape index (κ1) is 12.3. The zero-order valence-electron chi connectivity index (χ0n) is 10.7. The number of carbonyl (C=O) groups is 1. The van der Waals surface area contributed by atoms with Gasteiger partial charge in [-0.15, -0.1) is 0 Å². The normalized spacial score (nSPS) is 12.8. The predicted molar refractivity (Wildman–Crippen MR) is 62.5 cm³/mol. The molecule has 98 valence electrons. The van der Waals surface area contributed by atoms with Crippen LogP contribution in [0.3, 0.4) is 0 Å². The van der Waals surface area contributed by atoms with Crippen molar-refractivity contribution >= 4 is 5.78 Å². The Kier molecular flexibility index (Phi) is 3.18. The maximum Gasteiger partial charge on any atom is 0.211 e. The quantitative estimate of drug-likeness (QED) is 0.807. The third-order valence-corrected chi connectivity index (χ3v) is 2.72. The minimum atomic E-state index is -0.180. The van der Waals surface area contributed by atoms with Crippen molar-refractivity contribution in [1.29, 1.82) is 0 Å². The van der Waals surface area contributed by atoms with E-state index in [2.05, 4.69) is 0 Å². The number of fused-ring (bicyclic) bond motifs is 1. The summed E-state index contributed by atoms with van der Waals surface area (Å²) in [6, 6.07) is 0. The van der Waals surface area contributed by atoms with Crippen molar-refractivity contribution in [3.05, 3.63) is 5.56 Å². The van der Waals surface area contributed by atoms with Crippen molar-refractivity contribution in [3.63, 3.8) is 0 Å². The summed E-state index contributed by atoms with van der Waals surface area (Å²) in [5.74, 6) is 1.43. The van der Waals surface area contributed by atoms with Crippen LogP contribution in [-0.4, -0.2) is 40.8 Å². The monoisotopic (exact) mass is 254 g/mol. The fraction of sp³-hybridized carbons (Fsp3) is 0.417. The van der Waals surface area contributed by atoms with Crippen LogP contribution in [0.2, 0.25) is 0 Å². The van der Waals surface area contributed by atoms with Gasteiger partial charge in [-0.3, -0.25) is 4.79 Å². The zero-order chi connectivity index (χ0) is 13.3. The van der Waals surface area contributed by atoms with E-state index in [1.165, 1.54) is 28.4 Å². The van der Waals surface area contributed by atoms with Crippen molar-refractivity contribution < 1.29 is 28.5 Å². The summed E-state index contributed by atoms with van der Waals surface area (Å²) in [6.07, 6.45) is 0. The Balaban J connectivity index is 2.82. The number of ketones is 1. The number of methoxy groups -OCH3 is 4. The predicted octanol–water partition coefficient (Wildman–Crippen LogP) is 1.30. The topological polar surface area (TPSA) is 63.2 Å². The molecule has 1 aliphatic heterocycles. The van der Waals surface area contributed by atoms with Crippen LogP contribution >= 0.6 is 0 Å². The first-order valence-electron chi connectivity index (χ1n) is 5.25. The molecule has 0 aromatic heterocycles. The largest absolute Gasteiger partial charge is 0.492 e. The molecule has 6 nitrogen and oxygen atoms in total. The highest BCUT2D eigenvalue weighted by Gasteiger charge is 2.36. The minimum Gasteiger partial charge on any atom is -0.492 e. The number of benzene rings is 1. The molecule has 0 atom stereocenters. The van der Waals surface area contributed by atoms with Gasteiger partial charge in [-0.05, 0) is 0 Å². The highest BCUT2D eigenvalue weighted by atomic mass is 16.6. The molecule has 1 aliphatic rings. The molecule has 0 saturated heterocycles. The second-order valence-electron chi connectivity index (χ2n) is 3.55. The number of rotatable bonds is 4. The summed E-state index contributed by atoms with van der Waals surface area (Å²) in [7, 11) is 5.86. The average molecular weight is 254 g/mol. The molecule has 1 heterocycles. The van der Waals surface area contributed by atoms with Crippen LogP contribution in [0.5, 0.6) is 28.7 Å². The molecule has 18 heavy (non-hydrogen) atoms. The standard InChI is InChI=1S/C12H14O6/c1-14-8-7-6(13)5-18-9(7)11(16-3)12(17-4)10(8)15-2/h5H2,1-4H3. The number of hydrogen-bond acceptors (Lipinski definition) is 6. The van der Waals surface area contributed by atoms with Crippen LogP contribution in [0.25, 0.3) is 0 Å². The van der Waals surface area contributed by atoms with Crippen molar-refractivity contribution in [1.82, 2.24) is 0 Å². The number of carbonyl (C=O) groups excluding carboxylic acids is 1. The smallest absolute Gasteiger partial charge is 0.211 e. The molecule has 0 unspecified atom stereocenters. The SMILES string of the molecule is COc1c(OC)c(OC)c2c(c1OC)OCC2=O. The van der Waals surface area contributed by atoms with E-state index in [9.17, 15) is 4.79 Å². The van der Waals surface area contributed by atoms with Crippen molar-refractivity contribution in [3.8, 4) is 28.7 Å². The Bertz CT molecular complexity index is 494. The first-order valence-corrected chi connectivity index (χ1v) is 5.25. The lowest BCUT2D eigenvalue weighted by Crippen LogP contribution is -2.03. The fourth-order valence-electron chi connectivity index (χ4n) is 1.99. The lowest BCUT2D eigenvalue weighted by molar-refractivity contribution is 0.0958. The highest BCUT2D eigenvalue weighted by Crippen LogP contribution is 2.54. The van der Waals surface area contributed by atoms with Gasteiger partial charge >= 0.3 is 0 Å². The van der Waals surface area contributed by atoms with Gasteiger partial charge in [-0.25, -0.2) is 0 Å². The molecule has 1 aromatic rings. The molecule has 0 bridgehead atoms. The molecular weight excluding hydrogens is 240 g/mol. The van der Waals surface area contributed by atoms with E-state index in [0.717, 1.165) is 0 Å². The first-order chi connectivity index (χ1) is 8.69. The van der Waals surface area contributed by atoms with Gasteiger partial charge in [0.2, 0.25) is 23.0 Å². The van der Waals surface area contributed by atoms with Crippen molar-refractivity contribution in [2.24, 2.45) is 0 Å². The van der Waals surface area contributed by atoms with E-state index in [0.29, 0.717) is 34.3 Å². The molecule has 0 amide bonds. The number of Topliss-reactive ketones (excluding diaryl/α,β-unsaturated/α-hetero) is 1. The minimum absolute atomic E-state index is 0.0433. The lowest BCUT2D eigenvalue weighted by Gasteiger charge is -2.17.